The zero-order valence-electron chi connectivity index (χ0n) is 7.05. The molecule has 1 nitrogen and oxygen atoms in total. The van der Waals surface area contributed by atoms with Crippen molar-refractivity contribution in [1.29, 1.82) is 0 Å². The number of hydrogen-bond acceptors (Lipinski definition) is 1. The van der Waals surface area contributed by atoms with Gasteiger partial charge in [0.05, 0.1) is 0 Å². The Balaban J connectivity index is 2.95. The van der Waals surface area contributed by atoms with Crippen molar-refractivity contribution in [3.8, 4) is 0 Å². The van der Waals surface area contributed by atoms with E-state index in [2.05, 4.69) is 22.6 Å². The number of aliphatic hydroxyl groups is 1. The maximum absolute atomic E-state index is 12.1. The van der Waals surface area contributed by atoms with Crippen LogP contribution in [-0.2, 0) is 4.43 Å². The lowest BCUT2D eigenvalue weighted by Gasteiger charge is -2.15. The summed E-state index contributed by atoms with van der Waals surface area (Å²) in [6.07, 6.45) is -6.98. The van der Waals surface area contributed by atoms with Crippen molar-refractivity contribution in [3.63, 3.8) is 0 Å². The van der Waals surface area contributed by atoms with Gasteiger partial charge < -0.3 is 5.11 Å². The van der Waals surface area contributed by atoms with E-state index in [4.69, 9.17) is 5.11 Å². The van der Waals surface area contributed by atoms with Gasteiger partial charge in [-0.1, -0.05) is 46.9 Å². The Morgan fingerprint density at radius 2 is 2.00 bits per heavy atom. The van der Waals surface area contributed by atoms with E-state index in [1.165, 1.54) is 18.2 Å². The lowest BCUT2D eigenvalue weighted by molar-refractivity contribution is -0.206. The van der Waals surface area contributed by atoms with Gasteiger partial charge >= 0.3 is 6.18 Å². The molecule has 0 fully saturated rings. The van der Waals surface area contributed by atoms with E-state index in [0.717, 1.165) is 5.56 Å². The topological polar surface area (TPSA) is 20.2 Å². The lowest BCUT2D eigenvalue weighted by Crippen LogP contribution is -2.20. The summed E-state index contributed by atoms with van der Waals surface area (Å²) >= 11 is 2.05. The normalized spacial score (nSPS) is 14.1. The Morgan fingerprint density at radius 1 is 1.36 bits per heavy atom. The van der Waals surface area contributed by atoms with Crippen LogP contribution in [0.3, 0.4) is 0 Å². The minimum atomic E-state index is -4.59. The van der Waals surface area contributed by atoms with Gasteiger partial charge in [-0.15, -0.1) is 0 Å². The summed E-state index contributed by atoms with van der Waals surface area (Å²) in [6, 6.07) is 5.87. The van der Waals surface area contributed by atoms with E-state index in [1.54, 1.807) is 6.07 Å². The second kappa shape index (κ2) is 4.48. The highest BCUT2D eigenvalue weighted by Crippen LogP contribution is 2.32. The van der Waals surface area contributed by atoms with Crippen LogP contribution in [0.5, 0.6) is 0 Å². The molecule has 0 spiro atoms. The predicted octanol–water partition coefficient (Wildman–Crippen LogP) is 3.22. The summed E-state index contributed by atoms with van der Waals surface area (Å²) in [5, 5.41) is 8.95. The zero-order valence-corrected chi connectivity index (χ0v) is 9.21. The van der Waals surface area contributed by atoms with Crippen molar-refractivity contribution in [3.05, 3.63) is 35.4 Å². The van der Waals surface area contributed by atoms with Crippen LogP contribution < -0.4 is 0 Å². The number of alkyl halides is 4. The summed E-state index contributed by atoms with van der Waals surface area (Å²) in [5.74, 6) is 0. The maximum atomic E-state index is 12.1. The molecule has 0 heterocycles. The number of hydrogen-bond donors (Lipinski definition) is 1. The summed E-state index contributed by atoms with van der Waals surface area (Å²) in [5.41, 5.74) is 0.665. The largest absolute Gasteiger partial charge is 0.418 e. The van der Waals surface area contributed by atoms with Crippen molar-refractivity contribution in [2.45, 2.75) is 16.7 Å². The average molecular weight is 316 g/mol. The van der Waals surface area contributed by atoms with Crippen molar-refractivity contribution in [1.82, 2.24) is 0 Å². The molecule has 14 heavy (non-hydrogen) atoms. The molecular formula is C9H8F3IO. The van der Waals surface area contributed by atoms with Crippen LogP contribution in [0.2, 0.25) is 0 Å². The van der Waals surface area contributed by atoms with E-state index in [1.807, 2.05) is 0 Å². The first-order valence-electron chi connectivity index (χ1n) is 3.84. The van der Waals surface area contributed by atoms with Gasteiger partial charge in [-0.3, -0.25) is 0 Å². The van der Waals surface area contributed by atoms with Crippen molar-refractivity contribution in [2.24, 2.45) is 0 Å². The summed E-state index contributed by atoms with van der Waals surface area (Å²) in [4.78, 5) is 0. The smallest absolute Gasteiger partial charge is 0.379 e. The number of halogens is 4. The van der Waals surface area contributed by atoms with Crippen LogP contribution in [0, 0.1) is 0 Å². The van der Waals surface area contributed by atoms with Gasteiger partial charge in [0, 0.05) is 4.43 Å². The minimum absolute atomic E-state index is 0.105. The van der Waals surface area contributed by atoms with Crippen LogP contribution in [0.15, 0.2) is 24.3 Å². The fourth-order valence-electron chi connectivity index (χ4n) is 1.04. The summed E-state index contributed by atoms with van der Waals surface area (Å²) in [6.45, 7) is 0. The number of rotatable bonds is 2. The molecule has 0 aromatic heterocycles. The molecule has 0 saturated carbocycles. The van der Waals surface area contributed by atoms with E-state index < -0.39 is 12.3 Å². The molecule has 1 rings (SSSR count). The molecule has 1 unspecified atom stereocenters. The number of benzene rings is 1. The van der Waals surface area contributed by atoms with Crippen molar-refractivity contribution < 1.29 is 18.3 Å². The lowest BCUT2D eigenvalue weighted by atomic mass is 10.1. The molecule has 0 aliphatic carbocycles. The maximum Gasteiger partial charge on any atom is 0.418 e. The zero-order chi connectivity index (χ0) is 10.8. The van der Waals surface area contributed by atoms with Crippen molar-refractivity contribution in [2.75, 3.05) is 0 Å². The standard InChI is InChI=1S/C9H8F3IO/c10-9(11,12)8(14)7-3-1-2-6(4-7)5-13/h1-4,8,14H,5H2. The first kappa shape index (κ1) is 11.8. The molecule has 1 N–H and O–H groups in total. The van der Waals surface area contributed by atoms with Crippen LogP contribution >= 0.6 is 22.6 Å². The minimum Gasteiger partial charge on any atom is -0.379 e. The third kappa shape index (κ3) is 2.84. The highest BCUT2D eigenvalue weighted by Gasteiger charge is 2.39. The molecule has 0 bridgehead atoms. The highest BCUT2D eigenvalue weighted by molar-refractivity contribution is 14.1. The first-order chi connectivity index (χ1) is 6.45. The van der Waals surface area contributed by atoms with Crippen molar-refractivity contribution >= 4 is 22.6 Å². The van der Waals surface area contributed by atoms with Gasteiger partial charge in [0.15, 0.2) is 6.10 Å². The molecule has 1 aromatic rings. The molecule has 0 radical (unpaired) electrons. The second-order valence-corrected chi connectivity index (χ2v) is 3.59. The van der Waals surface area contributed by atoms with Gasteiger partial charge in [0.25, 0.3) is 0 Å². The molecule has 0 saturated heterocycles. The van der Waals surface area contributed by atoms with E-state index >= 15 is 0 Å². The van der Waals surface area contributed by atoms with Gasteiger partial charge in [-0.05, 0) is 11.1 Å². The third-order valence-electron chi connectivity index (χ3n) is 1.73. The molecule has 1 aromatic carbocycles. The van der Waals surface area contributed by atoms with Gasteiger partial charge in [0.2, 0.25) is 0 Å². The van der Waals surface area contributed by atoms with Crippen LogP contribution in [-0.4, -0.2) is 11.3 Å². The van der Waals surface area contributed by atoms with Gasteiger partial charge in [-0.25, -0.2) is 0 Å². The molecule has 0 aliphatic heterocycles. The SMILES string of the molecule is OC(c1cccc(CI)c1)C(F)(F)F. The Labute approximate surface area is 93.1 Å². The van der Waals surface area contributed by atoms with E-state index in [9.17, 15) is 13.2 Å². The molecule has 0 aliphatic rings. The molecule has 1 atom stereocenters. The fraction of sp³-hybridized carbons (Fsp3) is 0.333. The Morgan fingerprint density at radius 3 is 2.50 bits per heavy atom. The van der Waals surface area contributed by atoms with Gasteiger partial charge in [0.1, 0.15) is 0 Å². The third-order valence-corrected chi connectivity index (χ3v) is 2.61. The Hall–Kier alpha value is -0.300. The fourth-order valence-corrected chi connectivity index (χ4v) is 1.51. The Bertz CT molecular complexity index is 311. The number of aliphatic hydroxyl groups excluding tert-OH is 1. The second-order valence-electron chi connectivity index (χ2n) is 2.82. The van der Waals surface area contributed by atoms with E-state index in [-0.39, 0.29) is 5.56 Å². The monoisotopic (exact) mass is 316 g/mol. The highest BCUT2D eigenvalue weighted by atomic mass is 127. The predicted molar refractivity (Wildman–Crippen MR) is 55.2 cm³/mol. The molecular weight excluding hydrogens is 308 g/mol. The molecule has 0 amide bonds. The summed E-state index contributed by atoms with van der Waals surface area (Å²) in [7, 11) is 0. The van der Waals surface area contributed by atoms with E-state index in [0.29, 0.717) is 4.43 Å². The average Bonchev–Trinajstić information content (AvgIpc) is 2.15. The van der Waals surface area contributed by atoms with Crippen LogP contribution in [0.1, 0.15) is 17.2 Å². The van der Waals surface area contributed by atoms with Crippen LogP contribution in [0.25, 0.3) is 0 Å². The quantitative estimate of drug-likeness (QED) is 0.656. The Kier molecular flexibility index (Phi) is 3.77. The molecule has 5 heteroatoms. The van der Waals surface area contributed by atoms with Gasteiger partial charge in [-0.2, -0.15) is 13.2 Å². The van der Waals surface area contributed by atoms with Crippen LogP contribution in [0.4, 0.5) is 13.2 Å². The first-order valence-corrected chi connectivity index (χ1v) is 5.37. The summed E-state index contributed by atoms with van der Waals surface area (Å²) < 4.78 is 37.0. The molecule has 78 valence electrons.